The van der Waals surface area contributed by atoms with Crippen molar-refractivity contribution in [3.63, 3.8) is 0 Å². The Morgan fingerprint density at radius 3 is 2.60 bits per heavy atom. The van der Waals surface area contributed by atoms with Crippen LogP contribution in [-0.4, -0.2) is 73.5 Å². The number of allylic oxidation sites excluding steroid dienone is 1. The average Bonchev–Trinajstić information content (AvgIpc) is 3.68. The second-order valence-corrected chi connectivity index (χ2v) is 11.1. The van der Waals surface area contributed by atoms with Crippen molar-refractivity contribution in [3.05, 3.63) is 47.9 Å². The molecule has 2 aromatic rings. The Bertz CT molecular complexity index is 1210. The molecule has 0 radical (unpaired) electrons. The summed E-state index contributed by atoms with van der Waals surface area (Å²) >= 11 is 0. The van der Waals surface area contributed by atoms with Gasteiger partial charge in [-0.1, -0.05) is 24.6 Å². The van der Waals surface area contributed by atoms with Gasteiger partial charge in [-0.2, -0.15) is 0 Å². The molecule has 5 rings (SSSR count). The molecule has 3 aliphatic rings. The lowest BCUT2D eigenvalue weighted by molar-refractivity contribution is -0.168. The van der Waals surface area contributed by atoms with Gasteiger partial charge in [-0.15, -0.1) is 0 Å². The number of para-hydroxylation sites is 1. The molecule has 1 aromatic carbocycles. The molecule has 2 saturated carbocycles. The predicted molar refractivity (Wildman–Crippen MR) is 150 cm³/mol. The standard InChI is InChI=1S/C31H42N2O7/c1-3-39-31-24(10-12-37-14-15-38-13-11-34)25(26-19-33(20(2)35)28-7-5-4-6-23(26)28)18-29(40-31)30(36)32-27-17-21-8-9-22(27)16-21/h4-7,18-19,21-22,24-25,27,31,34H,3,8-17H2,1-2H3,(H,32,36)/t21?,22?,24-,25+,27?,31-/m1/s1. The lowest BCUT2D eigenvalue weighted by Gasteiger charge is -2.37. The van der Waals surface area contributed by atoms with Gasteiger partial charge in [0.15, 0.2) is 5.76 Å². The van der Waals surface area contributed by atoms with E-state index in [1.807, 2.05) is 43.5 Å². The first-order valence-electron chi connectivity index (χ1n) is 14.7. The summed E-state index contributed by atoms with van der Waals surface area (Å²) in [6.45, 7) is 5.43. The number of fused-ring (bicyclic) bond motifs is 3. The van der Waals surface area contributed by atoms with E-state index in [0.29, 0.717) is 38.8 Å². The summed E-state index contributed by atoms with van der Waals surface area (Å²) in [7, 11) is 0. The summed E-state index contributed by atoms with van der Waals surface area (Å²) in [5.41, 5.74) is 1.79. The Morgan fingerprint density at radius 1 is 1.10 bits per heavy atom. The van der Waals surface area contributed by atoms with Gasteiger partial charge >= 0.3 is 0 Å². The largest absolute Gasteiger partial charge is 0.459 e. The van der Waals surface area contributed by atoms with Gasteiger partial charge < -0.3 is 29.4 Å². The van der Waals surface area contributed by atoms with Crippen molar-refractivity contribution in [1.29, 1.82) is 0 Å². The molecule has 2 heterocycles. The molecule has 1 aliphatic heterocycles. The minimum atomic E-state index is -0.644. The van der Waals surface area contributed by atoms with E-state index in [1.54, 1.807) is 11.5 Å². The van der Waals surface area contributed by atoms with Crippen LogP contribution < -0.4 is 5.32 Å². The van der Waals surface area contributed by atoms with E-state index in [9.17, 15) is 9.59 Å². The van der Waals surface area contributed by atoms with E-state index in [4.69, 9.17) is 24.1 Å². The van der Waals surface area contributed by atoms with Crippen LogP contribution >= 0.6 is 0 Å². The molecule has 3 unspecified atom stereocenters. The SMILES string of the molecule is CCO[C@@H]1OC(C(=O)NC2CC3CCC2C3)=C[C@H](c2cn(C(C)=O)c3ccccc23)[C@H]1CCOCCOCCO. The zero-order valence-corrected chi connectivity index (χ0v) is 23.6. The van der Waals surface area contributed by atoms with Crippen LogP contribution in [0.5, 0.6) is 0 Å². The van der Waals surface area contributed by atoms with Crippen molar-refractivity contribution in [2.24, 2.45) is 17.8 Å². The van der Waals surface area contributed by atoms with Crippen LogP contribution in [0.3, 0.4) is 0 Å². The number of carbonyl (C=O) groups excluding carboxylic acids is 2. The van der Waals surface area contributed by atoms with E-state index in [1.165, 1.54) is 19.3 Å². The molecule has 1 amide bonds. The molecule has 1 aromatic heterocycles. The first kappa shape index (κ1) is 28.8. The highest BCUT2D eigenvalue weighted by Crippen LogP contribution is 2.45. The predicted octanol–water partition coefficient (Wildman–Crippen LogP) is 4.00. The summed E-state index contributed by atoms with van der Waals surface area (Å²) in [4.78, 5) is 26.1. The molecular weight excluding hydrogens is 512 g/mol. The number of amides is 1. The van der Waals surface area contributed by atoms with Crippen LogP contribution in [0.25, 0.3) is 10.9 Å². The van der Waals surface area contributed by atoms with Gasteiger partial charge in [0.25, 0.3) is 5.91 Å². The van der Waals surface area contributed by atoms with Crippen molar-refractivity contribution in [2.75, 3.05) is 39.6 Å². The zero-order chi connectivity index (χ0) is 28.1. The molecule has 2 bridgehead atoms. The van der Waals surface area contributed by atoms with Crippen LogP contribution in [0, 0.1) is 17.8 Å². The second-order valence-electron chi connectivity index (χ2n) is 11.1. The summed E-state index contributed by atoms with van der Waals surface area (Å²) < 4.78 is 25.2. The van der Waals surface area contributed by atoms with E-state index >= 15 is 0 Å². The Balaban J connectivity index is 1.43. The third kappa shape index (κ3) is 6.28. The molecule has 2 aliphatic carbocycles. The van der Waals surface area contributed by atoms with Crippen molar-refractivity contribution in [2.45, 2.75) is 64.2 Å². The van der Waals surface area contributed by atoms with E-state index < -0.39 is 6.29 Å². The monoisotopic (exact) mass is 554 g/mol. The van der Waals surface area contributed by atoms with Crippen molar-refractivity contribution in [1.82, 2.24) is 9.88 Å². The van der Waals surface area contributed by atoms with Gasteiger partial charge in [0.05, 0.1) is 31.9 Å². The number of hydrogen-bond acceptors (Lipinski definition) is 7. The number of aliphatic hydroxyl groups is 1. The molecule has 6 atom stereocenters. The normalized spacial score (nSPS) is 27.5. The van der Waals surface area contributed by atoms with Gasteiger partial charge in [-0.3, -0.25) is 14.2 Å². The van der Waals surface area contributed by atoms with Gasteiger partial charge in [-0.05, 0) is 62.1 Å². The summed E-state index contributed by atoms with van der Waals surface area (Å²) in [5.74, 6) is 0.901. The minimum Gasteiger partial charge on any atom is -0.459 e. The fourth-order valence-corrected chi connectivity index (χ4v) is 6.79. The molecule has 2 N–H and O–H groups in total. The van der Waals surface area contributed by atoms with Crippen LogP contribution in [0.15, 0.2) is 42.3 Å². The smallest absolute Gasteiger partial charge is 0.286 e. The third-order valence-corrected chi connectivity index (χ3v) is 8.64. The number of rotatable bonds is 13. The fourth-order valence-electron chi connectivity index (χ4n) is 6.79. The summed E-state index contributed by atoms with van der Waals surface area (Å²) in [6, 6.07) is 8.04. The van der Waals surface area contributed by atoms with E-state index in [2.05, 4.69) is 5.32 Å². The van der Waals surface area contributed by atoms with E-state index in [0.717, 1.165) is 28.8 Å². The molecule has 9 heteroatoms. The lowest BCUT2D eigenvalue weighted by atomic mass is 9.81. The highest BCUT2D eigenvalue weighted by Gasteiger charge is 2.43. The highest BCUT2D eigenvalue weighted by molar-refractivity contribution is 5.95. The molecular formula is C31H42N2O7. The Kier molecular flexibility index (Phi) is 9.57. The number of nitrogens with one attached hydrogen (secondary N) is 1. The number of nitrogens with zero attached hydrogens (tertiary/aromatic N) is 1. The number of hydrogen-bond donors (Lipinski definition) is 2. The minimum absolute atomic E-state index is 0.0186. The zero-order valence-electron chi connectivity index (χ0n) is 23.6. The topological polar surface area (TPSA) is 108 Å². The molecule has 2 fully saturated rings. The fraction of sp³-hybridized carbons (Fsp3) is 0.613. The first-order valence-corrected chi connectivity index (χ1v) is 14.7. The Morgan fingerprint density at radius 2 is 1.90 bits per heavy atom. The van der Waals surface area contributed by atoms with Gasteiger partial charge in [0, 0.05) is 49.6 Å². The van der Waals surface area contributed by atoms with E-state index in [-0.39, 0.29) is 48.7 Å². The second kappa shape index (κ2) is 13.3. The van der Waals surface area contributed by atoms with Crippen molar-refractivity contribution in [3.8, 4) is 0 Å². The maximum atomic E-state index is 13.6. The number of ether oxygens (including phenoxy) is 4. The van der Waals surface area contributed by atoms with Gasteiger partial charge in [0.1, 0.15) is 0 Å². The highest BCUT2D eigenvalue weighted by atomic mass is 16.7. The number of aliphatic hydroxyl groups excluding tert-OH is 1. The van der Waals surface area contributed by atoms with Crippen LogP contribution in [-0.2, 0) is 23.7 Å². The van der Waals surface area contributed by atoms with Gasteiger partial charge in [-0.25, -0.2) is 0 Å². The van der Waals surface area contributed by atoms with Crippen molar-refractivity contribution >= 4 is 22.7 Å². The summed E-state index contributed by atoms with van der Waals surface area (Å²) in [5, 5.41) is 13.1. The molecule has 9 nitrogen and oxygen atoms in total. The summed E-state index contributed by atoms with van der Waals surface area (Å²) in [6.07, 6.45) is 8.47. The van der Waals surface area contributed by atoms with Crippen molar-refractivity contribution < 1.29 is 33.6 Å². The quantitative estimate of drug-likeness (QED) is 0.361. The lowest BCUT2D eigenvalue weighted by Crippen LogP contribution is -2.43. The average molecular weight is 555 g/mol. The van der Waals surface area contributed by atoms with Crippen LogP contribution in [0.2, 0.25) is 0 Å². The number of aromatic nitrogens is 1. The third-order valence-electron chi connectivity index (χ3n) is 8.64. The van der Waals surface area contributed by atoms with Crippen LogP contribution in [0.4, 0.5) is 0 Å². The number of benzene rings is 1. The first-order chi connectivity index (χ1) is 19.5. The molecule has 0 saturated heterocycles. The molecule has 0 spiro atoms. The molecule has 40 heavy (non-hydrogen) atoms. The maximum Gasteiger partial charge on any atom is 0.286 e. The van der Waals surface area contributed by atoms with Crippen LogP contribution in [0.1, 0.15) is 62.2 Å². The Hall–Kier alpha value is -2.72. The van der Waals surface area contributed by atoms with Gasteiger partial charge in [0.2, 0.25) is 12.2 Å². The maximum absolute atomic E-state index is 13.6. The Labute approximate surface area is 235 Å². The number of carbonyl (C=O) groups is 2. The molecule has 218 valence electrons.